The Hall–Kier alpha value is -0.610. The fourth-order valence-electron chi connectivity index (χ4n) is 2.47. The fraction of sp³-hybridized carbons (Fsp3) is 0.929. The minimum absolute atomic E-state index is 0.0192. The number of methoxy groups -OCH3 is 1. The highest BCUT2D eigenvalue weighted by Gasteiger charge is 2.28. The van der Waals surface area contributed by atoms with E-state index in [9.17, 15) is 4.79 Å². The molecule has 18 heavy (non-hydrogen) atoms. The first kappa shape index (κ1) is 15.4. The van der Waals surface area contributed by atoms with Crippen molar-refractivity contribution in [1.29, 1.82) is 0 Å². The summed E-state index contributed by atoms with van der Waals surface area (Å²) in [5, 5.41) is 3.58. The number of esters is 1. The molecule has 106 valence electrons. The van der Waals surface area contributed by atoms with Crippen molar-refractivity contribution in [2.24, 2.45) is 5.92 Å². The van der Waals surface area contributed by atoms with Gasteiger partial charge in [0.15, 0.2) is 0 Å². The second kappa shape index (κ2) is 7.74. The van der Waals surface area contributed by atoms with Crippen LogP contribution in [-0.2, 0) is 14.3 Å². The Morgan fingerprint density at radius 1 is 1.28 bits per heavy atom. The number of hydrogen-bond donors (Lipinski definition) is 1. The summed E-state index contributed by atoms with van der Waals surface area (Å²) >= 11 is 0. The molecule has 4 heteroatoms. The molecular formula is C14H27NO3. The van der Waals surface area contributed by atoms with Gasteiger partial charge in [-0.05, 0) is 46.5 Å². The monoisotopic (exact) mass is 257 g/mol. The summed E-state index contributed by atoms with van der Waals surface area (Å²) in [6.45, 7) is 6.56. The maximum atomic E-state index is 11.6. The molecule has 0 aromatic rings. The van der Waals surface area contributed by atoms with Gasteiger partial charge in [-0.3, -0.25) is 4.79 Å². The average Bonchev–Trinajstić information content (AvgIpc) is 2.38. The first-order valence-corrected chi connectivity index (χ1v) is 7.04. The van der Waals surface area contributed by atoms with Crippen molar-refractivity contribution in [3.63, 3.8) is 0 Å². The molecule has 1 aliphatic rings. The van der Waals surface area contributed by atoms with Gasteiger partial charge in [0.1, 0.15) is 0 Å². The largest absolute Gasteiger partial charge is 0.466 e. The maximum Gasteiger partial charge on any atom is 0.308 e. The lowest BCUT2D eigenvalue weighted by Crippen LogP contribution is -2.45. The Kier molecular flexibility index (Phi) is 6.65. The van der Waals surface area contributed by atoms with Gasteiger partial charge in [-0.2, -0.15) is 0 Å². The van der Waals surface area contributed by atoms with E-state index in [0.717, 1.165) is 25.7 Å². The molecule has 0 heterocycles. The fourth-order valence-corrected chi connectivity index (χ4v) is 2.47. The Morgan fingerprint density at radius 3 is 2.39 bits per heavy atom. The summed E-state index contributed by atoms with van der Waals surface area (Å²) in [4.78, 5) is 11.6. The molecule has 0 aliphatic heterocycles. The maximum absolute atomic E-state index is 11.6. The Labute approximate surface area is 110 Å². The summed E-state index contributed by atoms with van der Waals surface area (Å²) in [5.74, 6) is 0.0902. The van der Waals surface area contributed by atoms with E-state index < -0.39 is 0 Å². The van der Waals surface area contributed by atoms with Crippen molar-refractivity contribution in [3.8, 4) is 0 Å². The zero-order valence-corrected chi connectivity index (χ0v) is 12.1. The number of nitrogens with one attached hydrogen (secondary N) is 1. The van der Waals surface area contributed by atoms with Gasteiger partial charge in [0.05, 0.1) is 18.6 Å². The second-order valence-electron chi connectivity index (χ2n) is 5.20. The molecule has 0 radical (unpaired) electrons. The quantitative estimate of drug-likeness (QED) is 0.740. The predicted octanol–water partition coefficient (Wildman–Crippen LogP) is 2.12. The SMILES string of the molecule is CCOC(=O)C1CCC(NC(C)C(C)OC)CC1. The number of ether oxygens (including phenoxy) is 2. The molecule has 0 bridgehead atoms. The average molecular weight is 257 g/mol. The van der Waals surface area contributed by atoms with Crippen LogP contribution in [0.5, 0.6) is 0 Å². The van der Waals surface area contributed by atoms with E-state index in [1.54, 1.807) is 7.11 Å². The van der Waals surface area contributed by atoms with Crippen LogP contribution in [0.25, 0.3) is 0 Å². The Morgan fingerprint density at radius 2 is 1.89 bits per heavy atom. The third kappa shape index (κ3) is 4.58. The van der Waals surface area contributed by atoms with Gasteiger partial charge in [0.25, 0.3) is 0 Å². The molecule has 1 saturated carbocycles. The summed E-state index contributed by atoms with van der Waals surface area (Å²) in [5.41, 5.74) is 0. The van der Waals surface area contributed by atoms with Gasteiger partial charge in [-0.15, -0.1) is 0 Å². The summed E-state index contributed by atoms with van der Waals surface area (Å²) in [6, 6.07) is 0.849. The summed E-state index contributed by atoms with van der Waals surface area (Å²) < 4.78 is 10.4. The lowest BCUT2D eigenvalue weighted by atomic mass is 9.85. The second-order valence-corrected chi connectivity index (χ2v) is 5.20. The molecule has 1 rings (SSSR count). The highest BCUT2D eigenvalue weighted by Crippen LogP contribution is 2.25. The van der Waals surface area contributed by atoms with Crippen molar-refractivity contribution in [1.82, 2.24) is 5.32 Å². The van der Waals surface area contributed by atoms with E-state index in [4.69, 9.17) is 9.47 Å². The molecule has 2 unspecified atom stereocenters. The van der Waals surface area contributed by atoms with Gasteiger partial charge in [0, 0.05) is 19.2 Å². The molecular weight excluding hydrogens is 230 g/mol. The first-order valence-electron chi connectivity index (χ1n) is 7.04. The number of rotatable bonds is 6. The van der Waals surface area contributed by atoms with Crippen LogP contribution in [0.4, 0.5) is 0 Å². The number of carbonyl (C=O) groups excluding carboxylic acids is 1. The van der Waals surface area contributed by atoms with Gasteiger partial charge in [-0.1, -0.05) is 0 Å². The van der Waals surface area contributed by atoms with E-state index in [1.807, 2.05) is 6.92 Å². The Balaban J connectivity index is 2.29. The first-order chi connectivity index (χ1) is 8.58. The minimum Gasteiger partial charge on any atom is -0.466 e. The Bertz CT molecular complexity index is 249. The molecule has 1 N–H and O–H groups in total. The van der Waals surface area contributed by atoms with Gasteiger partial charge < -0.3 is 14.8 Å². The zero-order chi connectivity index (χ0) is 13.5. The van der Waals surface area contributed by atoms with Gasteiger partial charge in [0.2, 0.25) is 0 Å². The van der Waals surface area contributed by atoms with Gasteiger partial charge >= 0.3 is 5.97 Å². The molecule has 0 aromatic carbocycles. The molecule has 0 saturated heterocycles. The van der Waals surface area contributed by atoms with Crippen molar-refractivity contribution in [2.75, 3.05) is 13.7 Å². The third-order valence-electron chi connectivity index (χ3n) is 3.92. The van der Waals surface area contributed by atoms with Crippen molar-refractivity contribution in [3.05, 3.63) is 0 Å². The molecule has 1 aliphatic carbocycles. The molecule has 0 amide bonds. The van der Waals surface area contributed by atoms with Crippen LogP contribution in [0.15, 0.2) is 0 Å². The predicted molar refractivity (Wildman–Crippen MR) is 71.4 cm³/mol. The number of hydrogen-bond acceptors (Lipinski definition) is 4. The van der Waals surface area contributed by atoms with E-state index in [0.29, 0.717) is 18.7 Å². The highest BCUT2D eigenvalue weighted by atomic mass is 16.5. The summed E-state index contributed by atoms with van der Waals surface area (Å²) in [6.07, 6.45) is 4.18. The molecule has 2 atom stereocenters. The van der Waals surface area contributed by atoms with Crippen LogP contribution in [0.1, 0.15) is 46.5 Å². The zero-order valence-electron chi connectivity index (χ0n) is 12.1. The highest BCUT2D eigenvalue weighted by molar-refractivity contribution is 5.72. The summed E-state index contributed by atoms with van der Waals surface area (Å²) in [7, 11) is 1.74. The van der Waals surface area contributed by atoms with Crippen molar-refractivity contribution < 1.29 is 14.3 Å². The molecule has 1 fully saturated rings. The van der Waals surface area contributed by atoms with Crippen LogP contribution in [0, 0.1) is 5.92 Å². The van der Waals surface area contributed by atoms with Crippen LogP contribution >= 0.6 is 0 Å². The standard InChI is InChI=1S/C14H27NO3/c1-5-18-14(16)12-6-8-13(9-7-12)15-10(2)11(3)17-4/h10-13,15H,5-9H2,1-4H3. The van der Waals surface area contributed by atoms with E-state index in [-0.39, 0.29) is 18.0 Å². The lowest BCUT2D eigenvalue weighted by molar-refractivity contribution is -0.149. The van der Waals surface area contributed by atoms with E-state index in [1.165, 1.54) is 0 Å². The topological polar surface area (TPSA) is 47.6 Å². The molecule has 0 aromatic heterocycles. The normalized spacial score (nSPS) is 27.6. The van der Waals surface area contributed by atoms with Crippen molar-refractivity contribution in [2.45, 2.75) is 64.6 Å². The third-order valence-corrected chi connectivity index (χ3v) is 3.92. The van der Waals surface area contributed by atoms with Crippen LogP contribution in [0.2, 0.25) is 0 Å². The lowest BCUT2D eigenvalue weighted by Gasteiger charge is -2.31. The van der Waals surface area contributed by atoms with Crippen LogP contribution in [-0.4, -0.2) is 37.9 Å². The van der Waals surface area contributed by atoms with E-state index >= 15 is 0 Å². The van der Waals surface area contributed by atoms with Crippen LogP contribution in [0.3, 0.4) is 0 Å². The molecule has 0 spiro atoms. The van der Waals surface area contributed by atoms with E-state index in [2.05, 4.69) is 19.2 Å². The van der Waals surface area contributed by atoms with Crippen molar-refractivity contribution >= 4 is 5.97 Å². The smallest absolute Gasteiger partial charge is 0.308 e. The van der Waals surface area contributed by atoms with Gasteiger partial charge in [-0.25, -0.2) is 0 Å². The minimum atomic E-state index is -0.0192. The molecule has 4 nitrogen and oxygen atoms in total. The van der Waals surface area contributed by atoms with Crippen LogP contribution < -0.4 is 5.32 Å². The number of carbonyl (C=O) groups is 1.